The van der Waals surface area contributed by atoms with Gasteiger partial charge in [-0.3, -0.25) is 4.99 Å². The molecule has 0 radical (unpaired) electrons. The summed E-state index contributed by atoms with van der Waals surface area (Å²) in [5.74, 6) is 0.777. The van der Waals surface area contributed by atoms with Crippen LogP contribution in [0.25, 0.3) is 10.6 Å². The lowest BCUT2D eigenvalue weighted by Crippen LogP contribution is -2.38. The SMILES string of the molecule is CCOCCNC(=NC)NCc1sc(-c2ccccc2)nc1C.I. The van der Waals surface area contributed by atoms with Gasteiger partial charge < -0.3 is 15.4 Å². The van der Waals surface area contributed by atoms with Crippen molar-refractivity contribution in [3.05, 3.63) is 40.9 Å². The van der Waals surface area contributed by atoms with Gasteiger partial charge in [0.25, 0.3) is 0 Å². The van der Waals surface area contributed by atoms with Gasteiger partial charge in [0.2, 0.25) is 0 Å². The van der Waals surface area contributed by atoms with E-state index < -0.39 is 0 Å². The van der Waals surface area contributed by atoms with Crippen LogP contribution in [0.5, 0.6) is 0 Å². The second-order valence-electron chi connectivity index (χ2n) is 4.94. The molecule has 0 spiro atoms. The first kappa shape index (κ1) is 20.9. The molecule has 0 saturated heterocycles. The van der Waals surface area contributed by atoms with Crippen LogP contribution in [-0.4, -0.2) is 37.7 Å². The number of thiazole rings is 1. The summed E-state index contributed by atoms with van der Waals surface area (Å²) >= 11 is 1.72. The topological polar surface area (TPSA) is 58.5 Å². The van der Waals surface area contributed by atoms with Gasteiger partial charge in [-0.05, 0) is 13.8 Å². The van der Waals surface area contributed by atoms with Gasteiger partial charge in [-0.15, -0.1) is 35.3 Å². The molecule has 2 aromatic rings. The van der Waals surface area contributed by atoms with Crippen molar-refractivity contribution in [2.24, 2.45) is 4.99 Å². The second kappa shape index (κ2) is 11.4. The molecule has 24 heavy (non-hydrogen) atoms. The third-order valence-electron chi connectivity index (χ3n) is 3.30. The Labute approximate surface area is 165 Å². The van der Waals surface area contributed by atoms with Gasteiger partial charge in [0.05, 0.1) is 18.8 Å². The van der Waals surface area contributed by atoms with Crippen LogP contribution in [0.1, 0.15) is 17.5 Å². The van der Waals surface area contributed by atoms with E-state index in [-0.39, 0.29) is 24.0 Å². The van der Waals surface area contributed by atoms with Crippen molar-refractivity contribution < 1.29 is 4.74 Å². The lowest BCUT2D eigenvalue weighted by atomic mass is 10.2. The van der Waals surface area contributed by atoms with Gasteiger partial charge in [-0.2, -0.15) is 0 Å². The lowest BCUT2D eigenvalue weighted by Gasteiger charge is -2.11. The molecular weight excluding hydrogens is 435 g/mol. The highest BCUT2D eigenvalue weighted by molar-refractivity contribution is 14.0. The van der Waals surface area contributed by atoms with E-state index in [1.165, 1.54) is 4.88 Å². The summed E-state index contributed by atoms with van der Waals surface area (Å²) < 4.78 is 5.31. The van der Waals surface area contributed by atoms with Crippen LogP contribution in [0, 0.1) is 6.92 Å². The molecule has 0 amide bonds. The van der Waals surface area contributed by atoms with Crippen LogP contribution in [0.3, 0.4) is 0 Å². The fourth-order valence-electron chi connectivity index (χ4n) is 2.07. The molecule has 0 bridgehead atoms. The Hall–Kier alpha value is -1.19. The normalized spacial score (nSPS) is 11.0. The van der Waals surface area contributed by atoms with Crippen molar-refractivity contribution in [1.29, 1.82) is 0 Å². The third kappa shape index (κ3) is 6.37. The molecule has 1 heterocycles. The number of hydrogen-bond acceptors (Lipinski definition) is 4. The average molecular weight is 460 g/mol. The molecule has 0 atom stereocenters. The van der Waals surface area contributed by atoms with Gasteiger partial charge in [0, 0.05) is 30.6 Å². The van der Waals surface area contributed by atoms with E-state index in [0.29, 0.717) is 13.2 Å². The summed E-state index contributed by atoms with van der Waals surface area (Å²) in [6.45, 7) is 6.90. The molecule has 7 heteroatoms. The maximum Gasteiger partial charge on any atom is 0.191 e. The molecular formula is C17H25IN4OS. The number of aromatic nitrogens is 1. The van der Waals surface area contributed by atoms with Crippen LogP contribution < -0.4 is 10.6 Å². The minimum atomic E-state index is 0. The van der Waals surface area contributed by atoms with Crippen molar-refractivity contribution in [1.82, 2.24) is 15.6 Å². The predicted molar refractivity (Wildman–Crippen MR) is 112 cm³/mol. The molecule has 132 valence electrons. The molecule has 0 aliphatic heterocycles. The van der Waals surface area contributed by atoms with E-state index in [2.05, 4.69) is 32.7 Å². The van der Waals surface area contributed by atoms with Crippen LogP contribution in [0.15, 0.2) is 35.3 Å². The number of halogens is 1. The second-order valence-corrected chi connectivity index (χ2v) is 6.03. The Morgan fingerprint density at radius 2 is 2.00 bits per heavy atom. The molecule has 0 unspecified atom stereocenters. The zero-order valence-corrected chi connectivity index (χ0v) is 17.5. The number of nitrogens with one attached hydrogen (secondary N) is 2. The summed E-state index contributed by atoms with van der Waals surface area (Å²) in [4.78, 5) is 10.1. The monoisotopic (exact) mass is 460 g/mol. The molecule has 5 nitrogen and oxygen atoms in total. The zero-order chi connectivity index (χ0) is 16.5. The molecule has 0 saturated carbocycles. The fourth-order valence-corrected chi connectivity index (χ4v) is 3.07. The quantitative estimate of drug-likeness (QED) is 0.288. The molecule has 0 fully saturated rings. The Morgan fingerprint density at radius 3 is 2.67 bits per heavy atom. The molecule has 0 aliphatic carbocycles. The Bertz CT molecular complexity index is 631. The molecule has 0 aliphatic rings. The summed E-state index contributed by atoms with van der Waals surface area (Å²) in [6, 6.07) is 10.3. The fraction of sp³-hybridized carbons (Fsp3) is 0.412. The van der Waals surface area contributed by atoms with E-state index in [9.17, 15) is 0 Å². The van der Waals surface area contributed by atoms with Gasteiger partial charge in [0.1, 0.15) is 5.01 Å². The lowest BCUT2D eigenvalue weighted by molar-refractivity contribution is 0.152. The number of aryl methyl sites for hydroxylation is 1. The van der Waals surface area contributed by atoms with Gasteiger partial charge in [-0.25, -0.2) is 4.98 Å². The molecule has 2 N–H and O–H groups in total. The highest BCUT2D eigenvalue weighted by atomic mass is 127. The smallest absolute Gasteiger partial charge is 0.191 e. The van der Waals surface area contributed by atoms with Crippen molar-refractivity contribution in [2.75, 3.05) is 26.8 Å². The summed E-state index contributed by atoms with van der Waals surface area (Å²) in [5, 5.41) is 7.61. The Balaban J connectivity index is 0.00000288. The van der Waals surface area contributed by atoms with E-state index in [0.717, 1.165) is 35.4 Å². The minimum absolute atomic E-state index is 0. The first-order valence-electron chi connectivity index (χ1n) is 7.78. The summed E-state index contributed by atoms with van der Waals surface area (Å²) in [5.41, 5.74) is 2.22. The van der Waals surface area contributed by atoms with E-state index >= 15 is 0 Å². The van der Waals surface area contributed by atoms with Crippen LogP contribution >= 0.6 is 35.3 Å². The number of rotatable bonds is 7. The predicted octanol–water partition coefficient (Wildman–Crippen LogP) is 3.44. The van der Waals surface area contributed by atoms with Crippen molar-refractivity contribution in [3.8, 4) is 10.6 Å². The van der Waals surface area contributed by atoms with Crippen molar-refractivity contribution in [2.45, 2.75) is 20.4 Å². The Kier molecular flexibility index (Phi) is 9.89. The largest absolute Gasteiger partial charge is 0.380 e. The number of aliphatic imine (C=N–C) groups is 1. The standard InChI is InChI=1S/C17H24N4OS.HI/c1-4-22-11-10-19-17(18-3)20-12-15-13(2)21-16(23-15)14-8-6-5-7-9-14;/h5-9H,4,10-12H2,1-3H3,(H2,18,19,20);1H. The molecule has 1 aromatic carbocycles. The number of benzene rings is 1. The maximum absolute atomic E-state index is 5.31. The maximum atomic E-state index is 5.31. The molecule has 2 rings (SSSR count). The number of hydrogen-bond donors (Lipinski definition) is 2. The average Bonchev–Trinajstić information content (AvgIpc) is 2.96. The Morgan fingerprint density at radius 1 is 1.25 bits per heavy atom. The first-order valence-corrected chi connectivity index (χ1v) is 8.60. The number of nitrogens with zero attached hydrogens (tertiary/aromatic N) is 2. The van der Waals surface area contributed by atoms with Crippen molar-refractivity contribution in [3.63, 3.8) is 0 Å². The molecule has 1 aromatic heterocycles. The van der Waals surface area contributed by atoms with Crippen molar-refractivity contribution >= 4 is 41.3 Å². The zero-order valence-electron chi connectivity index (χ0n) is 14.3. The number of guanidine groups is 1. The van der Waals surface area contributed by atoms with Gasteiger partial charge in [0.15, 0.2) is 5.96 Å². The third-order valence-corrected chi connectivity index (χ3v) is 4.50. The first-order chi connectivity index (χ1) is 11.2. The number of ether oxygens (including phenoxy) is 1. The highest BCUT2D eigenvalue weighted by Crippen LogP contribution is 2.27. The summed E-state index contributed by atoms with van der Waals surface area (Å²) in [6.07, 6.45) is 0. The van der Waals surface area contributed by atoms with E-state index in [1.54, 1.807) is 18.4 Å². The summed E-state index contributed by atoms with van der Waals surface area (Å²) in [7, 11) is 1.77. The minimum Gasteiger partial charge on any atom is -0.380 e. The van der Waals surface area contributed by atoms with Crippen LogP contribution in [0.4, 0.5) is 0 Å². The van der Waals surface area contributed by atoms with Gasteiger partial charge in [-0.1, -0.05) is 30.3 Å². The van der Waals surface area contributed by atoms with E-state index in [4.69, 9.17) is 4.74 Å². The van der Waals surface area contributed by atoms with E-state index in [1.807, 2.05) is 32.0 Å². The highest BCUT2D eigenvalue weighted by Gasteiger charge is 2.09. The van der Waals surface area contributed by atoms with Crippen LogP contribution in [-0.2, 0) is 11.3 Å². The van der Waals surface area contributed by atoms with Gasteiger partial charge >= 0.3 is 0 Å². The van der Waals surface area contributed by atoms with Crippen LogP contribution in [0.2, 0.25) is 0 Å².